The third-order valence-electron chi connectivity index (χ3n) is 1.34. The van der Waals surface area contributed by atoms with Crippen molar-refractivity contribution >= 4 is 33.1 Å². The maximum atomic E-state index is 5.41. The van der Waals surface area contributed by atoms with Crippen molar-refractivity contribution in [3.05, 3.63) is 22.0 Å². The van der Waals surface area contributed by atoms with E-state index < -0.39 is 0 Å². The van der Waals surface area contributed by atoms with Gasteiger partial charge in [-0.3, -0.25) is 0 Å². The summed E-state index contributed by atoms with van der Waals surface area (Å²) in [5, 5.41) is 5.58. The molecule has 0 atom stereocenters. The molecule has 62 valence electrons. The van der Waals surface area contributed by atoms with E-state index >= 15 is 0 Å². The molecule has 12 heavy (non-hydrogen) atoms. The zero-order chi connectivity index (χ0) is 8.55. The molecule has 0 spiro atoms. The van der Waals surface area contributed by atoms with Gasteiger partial charge in [-0.2, -0.15) is 0 Å². The fourth-order valence-electron chi connectivity index (χ4n) is 0.847. The summed E-state index contributed by atoms with van der Waals surface area (Å²) in [7, 11) is 0. The number of nitrogen functional groups attached to an aromatic ring is 1. The first-order valence-corrected chi connectivity index (χ1v) is 4.89. The number of anilines is 1. The van der Waals surface area contributed by atoms with Crippen LogP contribution >= 0.6 is 27.3 Å². The van der Waals surface area contributed by atoms with Crippen LogP contribution in [-0.2, 0) is 0 Å². The van der Waals surface area contributed by atoms with Gasteiger partial charge >= 0.3 is 0 Å². The third kappa shape index (κ3) is 1.37. The van der Waals surface area contributed by atoms with Gasteiger partial charge in [-0.05, 0) is 22.0 Å². The van der Waals surface area contributed by atoms with E-state index in [4.69, 9.17) is 10.3 Å². The van der Waals surface area contributed by atoms with Crippen molar-refractivity contribution in [1.29, 1.82) is 0 Å². The molecule has 0 unspecified atom stereocenters. The highest BCUT2D eigenvalue weighted by Crippen LogP contribution is 2.30. The van der Waals surface area contributed by atoms with Crippen molar-refractivity contribution in [2.45, 2.75) is 0 Å². The van der Waals surface area contributed by atoms with Gasteiger partial charge in [0, 0.05) is 15.9 Å². The Kier molecular flexibility index (Phi) is 1.90. The molecule has 2 N–H and O–H groups in total. The van der Waals surface area contributed by atoms with Crippen LogP contribution in [0.1, 0.15) is 0 Å². The van der Waals surface area contributed by atoms with Crippen LogP contribution in [0.15, 0.2) is 26.5 Å². The minimum atomic E-state index is 0.412. The monoisotopic (exact) mass is 244 g/mol. The lowest BCUT2D eigenvalue weighted by molar-refractivity contribution is 0.436. The van der Waals surface area contributed by atoms with Gasteiger partial charge in [-0.15, -0.1) is 11.3 Å². The summed E-state index contributed by atoms with van der Waals surface area (Å²) >= 11 is 4.93. The zero-order valence-corrected chi connectivity index (χ0v) is 8.35. The van der Waals surface area contributed by atoms with Gasteiger partial charge in [0.2, 0.25) is 0 Å². The summed E-state index contributed by atoms with van der Waals surface area (Å²) in [5.74, 6) is 1.12. The molecule has 2 heterocycles. The molecule has 0 aliphatic carbocycles. The predicted octanol–water partition coefficient (Wildman–Crippen LogP) is 2.75. The van der Waals surface area contributed by atoms with Crippen LogP contribution in [0, 0.1) is 0 Å². The topological polar surface area (TPSA) is 52.0 Å². The molecule has 0 aliphatic rings. The predicted molar refractivity (Wildman–Crippen MR) is 51.9 cm³/mol. The highest BCUT2D eigenvalue weighted by atomic mass is 79.9. The van der Waals surface area contributed by atoms with Gasteiger partial charge in [-0.1, -0.05) is 5.16 Å². The number of halogens is 1. The maximum Gasteiger partial charge on any atom is 0.179 e. The molecule has 2 aromatic rings. The second-order valence-electron chi connectivity index (χ2n) is 2.25. The van der Waals surface area contributed by atoms with E-state index in [2.05, 4.69) is 21.1 Å². The van der Waals surface area contributed by atoms with Crippen LogP contribution < -0.4 is 5.73 Å². The molecule has 0 bridgehead atoms. The van der Waals surface area contributed by atoms with Crippen LogP contribution in [0.25, 0.3) is 10.6 Å². The Balaban J connectivity index is 2.43. The molecule has 3 nitrogen and oxygen atoms in total. The van der Waals surface area contributed by atoms with Gasteiger partial charge in [0.15, 0.2) is 11.6 Å². The normalized spacial score (nSPS) is 10.4. The molecular formula is C7H5BrN2OS. The molecule has 0 aromatic carbocycles. The van der Waals surface area contributed by atoms with E-state index in [-0.39, 0.29) is 0 Å². The van der Waals surface area contributed by atoms with Crippen LogP contribution in [0.5, 0.6) is 0 Å². The molecule has 0 saturated heterocycles. The van der Waals surface area contributed by atoms with Crippen molar-refractivity contribution in [3.63, 3.8) is 0 Å². The van der Waals surface area contributed by atoms with E-state index in [1.165, 1.54) is 0 Å². The van der Waals surface area contributed by atoms with Crippen LogP contribution in [0.4, 0.5) is 5.82 Å². The summed E-state index contributed by atoms with van der Waals surface area (Å²) < 4.78 is 6.02. The largest absolute Gasteiger partial charge is 0.381 e. The van der Waals surface area contributed by atoms with Gasteiger partial charge in [0.25, 0.3) is 0 Å². The lowest BCUT2D eigenvalue weighted by Crippen LogP contribution is -1.79. The average molecular weight is 245 g/mol. The first kappa shape index (κ1) is 7.82. The SMILES string of the molecule is Nc1cc(-c2cc(Br)cs2)on1. The number of thiophene rings is 1. The highest BCUT2D eigenvalue weighted by Gasteiger charge is 2.06. The summed E-state index contributed by atoms with van der Waals surface area (Å²) in [4.78, 5) is 1.02. The first-order chi connectivity index (χ1) is 5.75. The van der Waals surface area contributed by atoms with Crippen molar-refractivity contribution in [3.8, 4) is 10.6 Å². The molecular weight excluding hydrogens is 240 g/mol. The van der Waals surface area contributed by atoms with Crippen LogP contribution in [0.3, 0.4) is 0 Å². The van der Waals surface area contributed by atoms with Gasteiger partial charge in [-0.25, -0.2) is 0 Å². The fourth-order valence-corrected chi connectivity index (χ4v) is 2.22. The molecule has 2 aromatic heterocycles. The lowest BCUT2D eigenvalue weighted by Gasteiger charge is -1.82. The summed E-state index contributed by atoms with van der Waals surface area (Å²) in [6, 6.07) is 3.67. The van der Waals surface area contributed by atoms with E-state index in [0.29, 0.717) is 11.6 Å². The third-order valence-corrected chi connectivity index (χ3v) is 3.04. The Morgan fingerprint density at radius 1 is 1.50 bits per heavy atom. The number of hydrogen-bond donors (Lipinski definition) is 1. The van der Waals surface area contributed by atoms with Gasteiger partial charge in [0.1, 0.15) is 0 Å². The van der Waals surface area contributed by atoms with Crippen LogP contribution in [0.2, 0.25) is 0 Å². The molecule has 0 saturated carbocycles. The number of hydrogen-bond acceptors (Lipinski definition) is 4. The summed E-state index contributed by atoms with van der Waals surface area (Å²) in [6.07, 6.45) is 0. The average Bonchev–Trinajstić information content (AvgIpc) is 2.58. The summed E-state index contributed by atoms with van der Waals surface area (Å²) in [5.41, 5.74) is 5.41. The van der Waals surface area contributed by atoms with E-state index in [1.54, 1.807) is 17.4 Å². The molecule has 0 amide bonds. The van der Waals surface area contributed by atoms with Crippen molar-refractivity contribution in [1.82, 2.24) is 5.16 Å². The Morgan fingerprint density at radius 3 is 2.83 bits per heavy atom. The Bertz CT molecular complexity index is 357. The quantitative estimate of drug-likeness (QED) is 0.840. The molecule has 0 aliphatic heterocycles. The highest BCUT2D eigenvalue weighted by molar-refractivity contribution is 9.10. The van der Waals surface area contributed by atoms with E-state index in [0.717, 1.165) is 9.35 Å². The second kappa shape index (κ2) is 2.91. The Hall–Kier alpha value is -0.810. The zero-order valence-electron chi connectivity index (χ0n) is 5.95. The molecule has 0 fully saturated rings. The maximum absolute atomic E-state index is 5.41. The summed E-state index contributed by atoms with van der Waals surface area (Å²) in [6.45, 7) is 0. The van der Waals surface area contributed by atoms with Crippen molar-refractivity contribution in [2.24, 2.45) is 0 Å². The standard InChI is InChI=1S/C7H5BrN2OS/c8-4-1-6(12-3-4)5-2-7(9)10-11-5/h1-3H,(H2,9,10). The fraction of sp³-hybridized carbons (Fsp3) is 0. The molecule has 0 radical (unpaired) electrons. The van der Waals surface area contributed by atoms with Crippen molar-refractivity contribution < 1.29 is 4.52 Å². The number of nitrogens with zero attached hydrogens (tertiary/aromatic N) is 1. The number of rotatable bonds is 1. The minimum Gasteiger partial charge on any atom is -0.381 e. The Morgan fingerprint density at radius 2 is 2.33 bits per heavy atom. The lowest BCUT2D eigenvalue weighted by atomic mass is 10.4. The van der Waals surface area contributed by atoms with Gasteiger partial charge in [0.05, 0.1) is 4.88 Å². The minimum absolute atomic E-state index is 0.412. The second-order valence-corrected chi connectivity index (χ2v) is 4.07. The number of nitrogens with two attached hydrogens (primary N) is 1. The first-order valence-electron chi connectivity index (χ1n) is 3.22. The van der Waals surface area contributed by atoms with Crippen LogP contribution in [-0.4, -0.2) is 5.16 Å². The number of aromatic nitrogens is 1. The molecule has 5 heteroatoms. The smallest absolute Gasteiger partial charge is 0.179 e. The van der Waals surface area contributed by atoms with E-state index in [1.807, 2.05) is 11.4 Å². The van der Waals surface area contributed by atoms with E-state index in [9.17, 15) is 0 Å². The Labute approximate surface area is 81.3 Å². The van der Waals surface area contributed by atoms with Crippen molar-refractivity contribution in [2.75, 3.05) is 5.73 Å². The van der Waals surface area contributed by atoms with Gasteiger partial charge < -0.3 is 10.3 Å². The molecule has 2 rings (SSSR count).